The number of hydrogen-bond acceptors (Lipinski definition) is 3. The fraction of sp³-hybridized carbons (Fsp3) is 0.316. The van der Waals surface area contributed by atoms with E-state index in [-0.39, 0.29) is 25.0 Å². The molecule has 1 atom stereocenters. The van der Waals surface area contributed by atoms with Gasteiger partial charge in [-0.3, -0.25) is 4.79 Å². The number of amides is 1. The fourth-order valence-corrected chi connectivity index (χ4v) is 3.53. The molecule has 2 aromatic carbocycles. The van der Waals surface area contributed by atoms with E-state index in [0.29, 0.717) is 17.0 Å². The third-order valence-corrected chi connectivity index (χ3v) is 5.60. The van der Waals surface area contributed by atoms with E-state index in [2.05, 4.69) is 5.32 Å². The molecule has 0 fully saturated rings. The molecule has 0 aliphatic heterocycles. The lowest BCUT2D eigenvalue weighted by atomic mass is 10.0. The van der Waals surface area contributed by atoms with Crippen molar-refractivity contribution in [3.05, 3.63) is 70.7 Å². The Morgan fingerprint density at radius 1 is 1.12 bits per heavy atom. The van der Waals surface area contributed by atoms with Crippen LogP contribution in [0.15, 0.2) is 54.6 Å². The minimum absolute atomic E-state index is 0.0497. The molecule has 26 heavy (non-hydrogen) atoms. The molecule has 0 aliphatic carbocycles. The van der Waals surface area contributed by atoms with Crippen molar-refractivity contribution in [1.82, 2.24) is 9.62 Å². The Bertz CT molecular complexity index is 841. The van der Waals surface area contributed by atoms with Gasteiger partial charge in [-0.2, -0.15) is 4.31 Å². The number of sulfonamides is 1. The first-order valence-electron chi connectivity index (χ1n) is 8.34. The number of carbonyl (C=O) groups excluding carboxylic acids is 1. The minimum Gasteiger partial charge on any atom is -0.348 e. The summed E-state index contributed by atoms with van der Waals surface area (Å²) in [7, 11) is -3.57. The number of hydrogen-bond donors (Lipinski definition) is 1. The highest BCUT2D eigenvalue weighted by Crippen LogP contribution is 2.19. The second-order valence-corrected chi connectivity index (χ2v) is 8.45. The van der Waals surface area contributed by atoms with Gasteiger partial charge in [-0.15, -0.1) is 0 Å². The Morgan fingerprint density at radius 3 is 2.31 bits per heavy atom. The van der Waals surface area contributed by atoms with Crippen molar-refractivity contribution in [2.45, 2.75) is 25.9 Å². The van der Waals surface area contributed by atoms with E-state index in [1.54, 1.807) is 24.3 Å². The van der Waals surface area contributed by atoms with Crippen LogP contribution >= 0.6 is 11.6 Å². The van der Waals surface area contributed by atoms with Crippen molar-refractivity contribution in [2.75, 3.05) is 12.8 Å². The van der Waals surface area contributed by atoms with Crippen LogP contribution in [0.3, 0.4) is 0 Å². The molecule has 0 saturated carbocycles. The molecule has 7 heteroatoms. The molecule has 5 nitrogen and oxygen atoms in total. The van der Waals surface area contributed by atoms with E-state index in [9.17, 15) is 13.2 Å². The van der Waals surface area contributed by atoms with Gasteiger partial charge in [0, 0.05) is 11.6 Å². The van der Waals surface area contributed by atoms with Crippen molar-refractivity contribution < 1.29 is 13.2 Å². The third-order valence-electron chi connectivity index (χ3n) is 4.04. The first-order valence-corrected chi connectivity index (χ1v) is 10.6. The van der Waals surface area contributed by atoms with Gasteiger partial charge >= 0.3 is 0 Å². The second kappa shape index (κ2) is 9.16. The lowest BCUT2D eigenvalue weighted by Crippen LogP contribution is -2.41. The molecule has 0 aromatic heterocycles. The first-order chi connectivity index (χ1) is 12.3. The van der Waals surface area contributed by atoms with Gasteiger partial charge in [-0.05, 0) is 23.6 Å². The maximum absolute atomic E-state index is 12.5. The molecular formula is C19H23ClN2O3S. The number of rotatable bonds is 8. The van der Waals surface area contributed by atoms with Gasteiger partial charge in [0.1, 0.15) is 0 Å². The summed E-state index contributed by atoms with van der Waals surface area (Å²) < 4.78 is 25.3. The average Bonchev–Trinajstić information content (AvgIpc) is 2.61. The third kappa shape index (κ3) is 5.83. The van der Waals surface area contributed by atoms with Crippen molar-refractivity contribution in [3.63, 3.8) is 0 Å². The Balaban J connectivity index is 2.10. The smallest absolute Gasteiger partial charge is 0.235 e. The fourth-order valence-electron chi connectivity index (χ4n) is 2.61. The molecule has 0 heterocycles. The Kier molecular flexibility index (Phi) is 7.20. The minimum atomic E-state index is -3.57. The summed E-state index contributed by atoms with van der Waals surface area (Å²) in [5.74, 6) is -0.349. The maximum Gasteiger partial charge on any atom is 0.235 e. The van der Waals surface area contributed by atoms with Crippen LogP contribution in [0.4, 0.5) is 0 Å². The lowest BCUT2D eigenvalue weighted by Gasteiger charge is -2.23. The molecule has 0 spiro atoms. The normalized spacial score (nSPS) is 12.8. The number of nitrogens with one attached hydrogen (secondary N) is 1. The van der Waals surface area contributed by atoms with Crippen molar-refractivity contribution in [3.8, 4) is 0 Å². The average molecular weight is 395 g/mol. The van der Waals surface area contributed by atoms with Crippen LogP contribution in [0.25, 0.3) is 0 Å². The summed E-state index contributed by atoms with van der Waals surface area (Å²) in [5, 5.41) is 3.38. The highest BCUT2D eigenvalue weighted by molar-refractivity contribution is 7.88. The summed E-state index contributed by atoms with van der Waals surface area (Å²) in [6.45, 7) is 1.76. The molecule has 2 rings (SSSR count). The monoisotopic (exact) mass is 394 g/mol. The summed E-state index contributed by atoms with van der Waals surface area (Å²) in [4.78, 5) is 12.5. The summed E-state index contributed by atoms with van der Waals surface area (Å²) in [6.07, 6.45) is 1.80. The largest absolute Gasteiger partial charge is 0.348 e. The second-order valence-electron chi connectivity index (χ2n) is 6.06. The molecule has 2 aromatic rings. The van der Waals surface area contributed by atoms with Crippen LogP contribution in [0.5, 0.6) is 0 Å². The molecule has 0 unspecified atom stereocenters. The predicted octanol–water partition coefficient (Wildman–Crippen LogP) is 3.37. The van der Waals surface area contributed by atoms with Crippen LogP contribution in [0, 0.1) is 0 Å². The SMILES string of the molecule is CC[C@H](NC(=O)CN(Cc1ccccc1Cl)S(C)(=O)=O)c1ccccc1. The highest BCUT2D eigenvalue weighted by atomic mass is 35.5. The molecule has 1 amide bonds. The van der Waals surface area contributed by atoms with E-state index in [1.165, 1.54) is 0 Å². The van der Waals surface area contributed by atoms with Crippen LogP contribution in [0.1, 0.15) is 30.5 Å². The highest BCUT2D eigenvalue weighted by Gasteiger charge is 2.23. The lowest BCUT2D eigenvalue weighted by molar-refractivity contribution is -0.122. The quantitative estimate of drug-likeness (QED) is 0.746. The van der Waals surface area contributed by atoms with E-state index in [0.717, 1.165) is 16.1 Å². The van der Waals surface area contributed by atoms with Gasteiger partial charge in [0.05, 0.1) is 18.8 Å². The summed E-state index contributed by atoms with van der Waals surface area (Å²) in [6, 6.07) is 16.4. The Hall–Kier alpha value is -1.89. The Morgan fingerprint density at radius 2 is 1.73 bits per heavy atom. The topological polar surface area (TPSA) is 66.5 Å². The van der Waals surface area contributed by atoms with Crippen molar-refractivity contribution in [1.29, 1.82) is 0 Å². The molecule has 1 N–H and O–H groups in total. The number of halogens is 1. The molecule has 0 aliphatic rings. The van der Waals surface area contributed by atoms with Crippen LogP contribution in [-0.2, 0) is 21.4 Å². The van der Waals surface area contributed by atoms with E-state index < -0.39 is 10.0 Å². The van der Waals surface area contributed by atoms with Crippen LogP contribution in [-0.4, -0.2) is 31.4 Å². The van der Waals surface area contributed by atoms with Gasteiger partial charge in [0.25, 0.3) is 0 Å². The summed E-state index contributed by atoms with van der Waals surface area (Å²) in [5.41, 5.74) is 1.64. The number of nitrogens with zero attached hydrogens (tertiary/aromatic N) is 1. The van der Waals surface area contributed by atoms with Crippen molar-refractivity contribution >= 4 is 27.5 Å². The molecule has 140 valence electrons. The molecular weight excluding hydrogens is 372 g/mol. The van der Waals surface area contributed by atoms with E-state index in [1.807, 2.05) is 37.3 Å². The standard InChI is InChI=1S/C19H23ClN2O3S/c1-3-18(15-9-5-4-6-10-15)21-19(23)14-22(26(2,24)25)13-16-11-7-8-12-17(16)20/h4-12,18H,3,13-14H2,1-2H3,(H,21,23)/t18-/m0/s1. The van der Waals surface area contributed by atoms with Crippen LogP contribution < -0.4 is 5.32 Å². The van der Waals surface area contributed by atoms with Gasteiger partial charge < -0.3 is 5.32 Å². The molecule has 0 bridgehead atoms. The van der Waals surface area contributed by atoms with Gasteiger partial charge in [-0.1, -0.05) is 67.1 Å². The van der Waals surface area contributed by atoms with E-state index in [4.69, 9.17) is 11.6 Å². The molecule has 0 radical (unpaired) electrons. The predicted molar refractivity (Wildman–Crippen MR) is 104 cm³/mol. The van der Waals surface area contributed by atoms with Gasteiger partial charge in [-0.25, -0.2) is 8.42 Å². The zero-order chi connectivity index (χ0) is 19.2. The molecule has 0 saturated heterocycles. The van der Waals surface area contributed by atoms with Gasteiger partial charge in [0.15, 0.2) is 0 Å². The van der Waals surface area contributed by atoms with Crippen molar-refractivity contribution in [2.24, 2.45) is 0 Å². The Labute approximate surface area is 160 Å². The first kappa shape index (κ1) is 20.4. The zero-order valence-corrected chi connectivity index (χ0v) is 16.4. The van der Waals surface area contributed by atoms with Crippen LogP contribution in [0.2, 0.25) is 5.02 Å². The maximum atomic E-state index is 12.5. The number of carbonyl (C=O) groups is 1. The number of benzene rings is 2. The van der Waals surface area contributed by atoms with Gasteiger partial charge in [0.2, 0.25) is 15.9 Å². The zero-order valence-electron chi connectivity index (χ0n) is 14.9. The van der Waals surface area contributed by atoms with E-state index >= 15 is 0 Å². The summed E-state index contributed by atoms with van der Waals surface area (Å²) >= 11 is 6.12.